The molecule has 0 unspecified atom stereocenters. The summed E-state index contributed by atoms with van der Waals surface area (Å²) in [5, 5.41) is 0.657. The van der Waals surface area contributed by atoms with Gasteiger partial charge in [0.25, 0.3) is 0 Å². The number of amides is 1. The molecule has 1 fully saturated rings. The summed E-state index contributed by atoms with van der Waals surface area (Å²) in [4.78, 5) is 18.2. The Morgan fingerprint density at radius 1 is 1.43 bits per heavy atom. The SMILES string of the molecule is NCCC(=O)N1CCC(c2nc3cc(Cl)ccc3o2)CC1. The molecule has 0 atom stereocenters. The van der Waals surface area contributed by atoms with Gasteiger partial charge in [0.05, 0.1) is 0 Å². The van der Waals surface area contributed by atoms with E-state index in [0.717, 1.165) is 42.9 Å². The lowest BCUT2D eigenvalue weighted by Crippen LogP contribution is -2.38. The number of oxazole rings is 1. The molecule has 1 aliphatic heterocycles. The number of likely N-dealkylation sites (tertiary alicyclic amines) is 1. The number of piperidine rings is 1. The molecular weight excluding hydrogens is 290 g/mol. The predicted molar refractivity (Wildman–Crippen MR) is 81.2 cm³/mol. The highest BCUT2D eigenvalue weighted by Gasteiger charge is 2.26. The predicted octanol–water partition coefficient (Wildman–Crippen LogP) is 2.54. The summed E-state index contributed by atoms with van der Waals surface area (Å²) >= 11 is 5.96. The summed E-state index contributed by atoms with van der Waals surface area (Å²) in [6, 6.07) is 5.45. The van der Waals surface area contributed by atoms with E-state index in [2.05, 4.69) is 4.98 Å². The smallest absolute Gasteiger partial charge is 0.223 e. The average molecular weight is 308 g/mol. The number of hydrogen-bond acceptors (Lipinski definition) is 4. The van der Waals surface area contributed by atoms with E-state index in [9.17, 15) is 4.79 Å². The van der Waals surface area contributed by atoms with Crippen molar-refractivity contribution in [1.82, 2.24) is 9.88 Å². The zero-order chi connectivity index (χ0) is 14.8. The second-order valence-corrected chi connectivity index (χ2v) is 5.79. The third kappa shape index (κ3) is 3.04. The Balaban J connectivity index is 1.69. The van der Waals surface area contributed by atoms with E-state index >= 15 is 0 Å². The average Bonchev–Trinajstić information content (AvgIpc) is 2.90. The number of carbonyl (C=O) groups excluding carboxylic acids is 1. The van der Waals surface area contributed by atoms with Crippen molar-refractivity contribution in [3.8, 4) is 0 Å². The molecule has 1 amide bonds. The maximum Gasteiger partial charge on any atom is 0.223 e. The van der Waals surface area contributed by atoms with Crippen molar-refractivity contribution in [1.29, 1.82) is 0 Å². The molecule has 112 valence electrons. The zero-order valence-corrected chi connectivity index (χ0v) is 12.5. The van der Waals surface area contributed by atoms with Crippen LogP contribution >= 0.6 is 11.6 Å². The zero-order valence-electron chi connectivity index (χ0n) is 11.7. The summed E-state index contributed by atoms with van der Waals surface area (Å²) < 4.78 is 5.81. The van der Waals surface area contributed by atoms with E-state index in [1.54, 1.807) is 6.07 Å². The summed E-state index contributed by atoms with van der Waals surface area (Å²) in [6.45, 7) is 1.89. The van der Waals surface area contributed by atoms with Crippen molar-refractivity contribution in [2.45, 2.75) is 25.2 Å². The van der Waals surface area contributed by atoms with Crippen LogP contribution < -0.4 is 5.73 Å². The third-order valence-corrected chi connectivity index (χ3v) is 4.16. The second-order valence-electron chi connectivity index (χ2n) is 5.36. The fraction of sp³-hybridized carbons (Fsp3) is 0.467. The van der Waals surface area contributed by atoms with Gasteiger partial charge in [-0.25, -0.2) is 4.98 Å². The van der Waals surface area contributed by atoms with Crippen LogP contribution in [0.3, 0.4) is 0 Å². The summed E-state index contributed by atoms with van der Waals surface area (Å²) in [5.41, 5.74) is 6.98. The number of benzene rings is 1. The Morgan fingerprint density at radius 3 is 2.90 bits per heavy atom. The number of hydrogen-bond donors (Lipinski definition) is 1. The molecule has 0 radical (unpaired) electrons. The number of fused-ring (bicyclic) bond motifs is 1. The van der Waals surface area contributed by atoms with Crippen LogP contribution in [0.1, 0.15) is 31.1 Å². The molecule has 2 aromatic rings. The van der Waals surface area contributed by atoms with Gasteiger partial charge >= 0.3 is 0 Å². The molecule has 5 nitrogen and oxygen atoms in total. The standard InChI is InChI=1S/C15H18ClN3O2/c16-11-1-2-13-12(9-11)18-15(21-13)10-4-7-19(8-5-10)14(20)3-6-17/h1-2,9-10H,3-8,17H2. The van der Waals surface area contributed by atoms with Crippen LogP contribution in [0.2, 0.25) is 5.02 Å². The van der Waals surface area contributed by atoms with Gasteiger partial charge in [0.15, 0.2) is 11.5 Å². The Kier molecular flexibility index (Phi) is 4.12. The highest BCUT2D eigenvalue weighted by atomic mass is 35.5. The Bertz CT molecular complexity index is 647. The van der Waals surface area contributed by atoms with Gasteiger partial charge in [0.1, 0.15) is 5.52 Å². The van der Waals surface area contributed by atoms with Gasteiger partial charge in [-0.1, -0.05) is 11.6 Å². The minimum Gasteiger partial charge on any atom is -0.440 e. The van der Waals surface area contributed by atoms with Crippen molar-refractivity contribution in [2.75, 3.05) is 19.6 Å². The molecule has 0 spiro atoms. The van der Waals surface area contributed by atoms with Crippen LogP contribution in [0.15, 0.2) is 22.6 Å². The first-order valence-electron chi connectivity index (χ1n) is 7.21. The third-order valence-electron chi connectivity index (χ3n) is 3.92. The number of carbonyl (C=O) groups is 1. The Hall–Kier alpha value is -1.59. The number of rotatable bonds is 3. The van der Waals surface area contributed by atoms with Crippen molar-refractivity contribution < 1.29 is 9.21 Å². The molecule has 6 heteroatoms. The molecular formula is C15H18ClN3O2. The number of aromatic nitrogens is 1. The topological polar surface area (TPSA) is 72.4 Å². The lowest BCUT2D eigenvalue weighted by molar-refractivity contribution is -0.132. The normalized spacial score (nSPS) is 16.6. The van der Waals surface area contributed by atoms with Crippen LogP contribution in [-0.4, -0.2) is 35.4 Å². The maximum absolute atomic E-state index is 11.8. The van der Waals surface area contributed by atoms with E-state index in [0.29, 0.717) is 18.0 Å². The maximum atomic E-state index is 11.8. The minimum atomic E-state index is 0.139. The van der Waals surface area contributed by atoms with E-state index in [1.165, 1.54) is 0 Å². The molecule has 0 aliphatic carbocycles. The summed E-state index contributed by atoms with van der Waals surface area (Å²) in [7, 11) is 0. The second kappa shape index (κ2) is 6.03. The quantitative estimate of drug-likeness (QED) is 0.945. The lowest BCUT2D eigenvalue weighted by Gasteiger charge is -2.30. The first-order chi connectivity index (χ1) is 10.2. The van der Waals surface area contributed by atoms with Crippen LogP contribution in [0.4, 0.5) is 0 Å². The van der Waals surface area contributed by atoms with Crippen LogP contribution in [0.25, 0.3) is 11.1 Å². The lowest BCUT2D eigenvalue weighted by atomic mass is 9.96. The molecule has 0 bridgehead atoms. The molecule has 1 aliphatic rings. The first kappa shape index (κ1) is 14.4. The van der Waals surface area contributed by atoms with Crippen LogP contribution in [0, 0.1) is 0 Å². The minimum absolute atomic E-state index is 0.139. The Labute approximate surface area is 128 Å². The molecule has 2 heterocycles. The Morgan fingerprint density at radius 2 is 2.19 bits per heavy atom. The molecule has 1 aromatic heterocycles. The van der Waals surface area contributed by atoms with Gasteiger partial charge in [-0.05, 0) is 31.0 Å². The molecule has 1 saturated heterocycles. The highest BCUT2D eigenvalue weighted by molar-refractivity contribution is 6.31. The van der Waals surface area contributed by atoms with E-state index in [1.807, 2.05) is 17.0 Å². The molecule has 0 saturated carbocycles. The molecule has 21 heavy (non-hydrogen) atoms. The molecule has 1 aromatic carbocycles. The summed E-state index contributed by atoms with van der Waals surface area (Å²) in [5.74, 6) is 1.15. The highest BCUT2D eigenvalue weighted by Crippen LogP contribution is 2.30. The largest absolute Gasteiger partial charge is 0.440 e. The summed E-state index contributed by atoms with van der Waals surface area (Å²) in [6.07, 6.45) is 2.17. The van der Waals surface area contributed by atoms with Crippen molar-refractivity contribution in [3.63, 3.8) is 0 Å². The van der Waals surface area contributed by atoms with E-state index < -0.39 is 0 Å². The molecule has 2 N–H and O–H groups in total. The van der Waals surface area contributed by atoms with Gasteiger partial charge in [0, 0.05) is 37.0 Å². The fourth-order valence-corrected chi connectivity index (χ4v) is 2.92. The van der Waals surface area contributed by atoms with Crippen molar-refractivity contribution in [2.24, 2.45) is 5.73 Å². The van der Waals surface area contributed by atoms with E-state index in [-0.39, 0.29) is 11.8 Å². The monoisotopic (exact) mass is 307 g/mol. The van der Waals surface area contributed by atoms with Crippen LogP contribution in [0.5, 0.6) is 0 Å². The molecule has 3 rings (SSSR count). The van der Waals surface area contributed by atoms with Gasteiger partial charge in [-0.2, -0.15) is 0 Å². The number of nitrogens with two attached hydrogens (primary N) is 1. The number of halogens is 1. The van der Waals surface area contributed by atoms with E-state index in [4.69, 9.17) is 21.8 Å². The van der Waals surface area contributed by atoms with Crippen molar-refractivity contribution >= 4 is 28.6 Å². The van der Waals surface area contributed by atoms with Gasteiger partial charge in [-0.15, -0.1) is 0 Å². The fourth-order valence-electron chi connectivity index (χ4n) is 2.75. The number of nitrogens with zero attached hydrogens (tertiary/aromatic N) is 2. The van der Waals surface area contributed by atoms with Gasteiger partial charge in [-0.3, -0.25) is 4.79 Å². The van der Waals surface area contributed by atoms with Crippen LogP contribution in [-0.2, 0) is 4.79 Å². The van der Waals surface area contributed by atoms with Gasteiger partial charge in [0.2, 0.25) is 5.91 Å². The van der Waals surface area contributed by atoms with Crippen molar-refractivity contribution in [3.05, 3.63) is 29.1 Å². The van der Waals surface area contributed by atoms with Gasteiger partial charge < -0.3 is 15.1 Å². The first-order valence-corrected chi connectivity index (χ1v) is 7.59.